The first-order valence-electron chi connectivity index (χ1n) is 6.52. The fourth-order valence-corrected chi connectivity index (χ4v) is 2.22. The van der Waals surface area contributed by atoms with Gasteiger partial charge in [0.05, 0.1) is 17.5 Å². The van der Waals surface area contributed by atoms with Gasteiger partial charge in [0.25, 0.3) is 0 Å². The Balaban J connectivity index is 2.05. The number of carbonyl (C=O) groups is 2. The van der Waals surface area contributed by atoms with Crippen molar-refractivity contribution in [2.75, 3.05) is 11.1 Å². The molecule has 0 saturated carbocycles. The molecule has 0 bridgehead atoms. The fourth-order valence-electron chi connectivity index (χ4n) is 2.22. The van der Waals surface area contributed by atoms with Crippen molar-refractivity contribution in [3.8, 4) is 0 Å². The number of hydrogen-bond acceptors (Lipinski definition) is 4. The molecule has 0 aliphatic heterocycles. The predicted molar refractivity (Wildman–Crippen MR) is 79.8 cm³/mol. The number of imidazole rings is 1. The molecule has 0 spiro atoms. The lowest BCUT2D eigenvalue weighted by Crippen LogP contribution is -2.24. The quantitative estimate of drug-likeness (QED) is 0.670. The van der Waals surface area contributed by atoms with Crippen molar-refractivity contribution < 1.29 is 14.7 Å². The van der Waals surface area contributed by atoms with Gasteiger partial charge in [-0.3, -0.25) is 9.59 Å². The maximum Gasteiger partial charge on any atom is 0.303 e. The van der Waals surface area contributed by atoms with Gasteiger partial charge in [-0.1, -0.05) is 13.8 Å². The molecule has 1 amide bonds. The summed E-state index contributed by atoms with van der Waals surface area (Å²) < 4.78 is 0. The molecular formula is C14H18N4O3. The van der Waals surface area contributed by atoms with Gasteiger partial charge in [-0.05, 0) is 23.6 Å². The van der Waals surface area contributed by atoms with Crippen LogP contribution in [0.5, 0.6) is 0 Å². The number of nitrogens with zero attached hydrogens (tertiary/aromatic N) is 1. The number of nitrogen functional groups attached to an aromatic ring is 1. The number of hydrogen-bond donors (Lipinski definition) is 4. The summed E-state index contributed by atoms with van der Waals surface area (Å²) >= 11 is 0. The second-order valence-corrected chi connectivity index (χ2v) is 5.81. The molecule has 0 fully saturated rings. The molecule has 112 valence electrons. The summed E-state index contributed by atoms with van der Waals surface area (Å²) in [5, 5.41) is 11.6. The Kier molecular flexibility index (Phi) is 3.84. The molecule has 0 unspecified atom stereocenters. The number of carboxylic acids is 1. The Bertz CT molecular complexity index is 691. The van der Waals surface area contributed by atoms with Gasteiger partial charge in [-0.25, -0.2) is 4.98 Å². The zero-order valence-electron chi connectivity index (χ0n) is 11.9. The van der Waals surface area contributed by atoms with E-state index in [1.165, 1.54) is 0 Å². The Labute approximate surface area is 121 Å². The maximum atomic E-state index is 12.0. The van der Waals surface area contributed by atoms with Crippen LogP contribution in [-0.2, 0) is 9.59 Å². The number of H-pyrrole nitrogens is 1. The number of aromatic nitrogens is 2. The molecule has 0 radical (unpaired) electrons. The standard InChI is InChI=1S/C14H18N4O3/c1-14(2,7-12(20)21)6-11(19)16-8-3-4-9-10(5-8)18-13(15)17-9/h3-5H,6-7H2,1-2H3,(H,16,19)(H,20,21)(H3,15,17,18). The van der Waals surface area contributed by atoms with E-state index in [4.69, 9.17) is 10.8 Å². The monoisotopic (exact) mass is 290 g/mol. The Hall–Kier alpha value is -2.57. The van der Waals surface area contributed by atoms with Crippen LogP contribution in [0.25, 0.3) is 11.0 Å². The zero-order chi connectivity index (χ0) is 15.6. The van der Waals surface area contributed by atoms with E-state index in [1.807, 2.05) is 0 Å². The van der Waals surface area contributed by atoms with Crippen molar-refractivity contribution in [3.05, 3.63) is 18.2 Å². The third-order valence-corrected chi connectivity index (χ3v) is 3.05. The Morgan fingerprint density at radius 1 is 1.38 bits per heavy atom. The number of carboxylic acid groups (broad SMARTS) is 1. The van der Waals surface area contributed by atoms with E-state index in [0.717, 1.165) is 11.0 Å². The van der Waals surface area contributed by atoms with Crippen molar-refractivity contribution in [2.24, 2.45) is 5.41 Å². The number of aromatic amines is 1. The maximum absolute atomic E-state index is 12.0. The first kappa shape index (κ1) is 14.8. The topological polar surface area (TPSA) is 121 Å². The van der Waals surface area contributed by atoms with E-state index in [-0.39, 0.29) is 18.7 Å². The molecule has 2 rings (SSSR count). The summed E-state index contributed by atoms with van der Waals surface area (Å²) in [6, 6.07) is 5.21. The molecule has 0 aliphatic rings. The highest BCUT2D eigenvalue weighted by molar-refractivity contribution is 5.93. The highest BCUT2D eigenvalue weighted by Crippen LogP contribution is 2.26. The summed E-state index contributed by atoms with van der Waals surface area (Å²) in [7, 11) is 0. The summed E-state index contributed by atoms with van der Waals surface area (Å²) in [5.74, 6) is -0.827. The molecule has 5 N–H and O–H groups in total. The van der Waals surface area contributed by atoms with E-state index in [2.05, 4.69) is 15.3 Å². The number of benzene rings is 1. The van der Waals surface area contributed by atoms with Crippen molar-refractivity contribution in [1.29, 1.82) is 0 Å². The van der Waals surface area contributed by atoms with Crippen LogP contribution in [0.2, 0.25) is 0 Å². The summed E-state index contributed by atoms with van der Waals surface area (Å²) in [5.41, 5.74) is 7.03. The first-order chi connectivity index (χ1) is 9.75. The minimum atomic E-state index is -0.915. The second-order valence-electron chi connectivity index (χ2n) is 5.81. The van der Waals surface area contributed by atoms with Crippen molar-refractivity contribution in [2.45, 2.75) is 26.7 Å². The van der Waals surface area contributed by atoms with E-state index >= 15 is 0 Å². The average Bonchev–Trinajstić information content (AvgIpc) is 2.65. The van der Waals surface area contributed by atoms with Gasteiger partial charge in [-0.15, -0.1) is 0 Å². The van der Waals surface area contributed by atoms with Crippen LogP contribution >= 0.6 is 0 Å². The van der Waals surface area contributed by atoms with Crippen LogP contribution in [0.1, 0.15) is 26.7 Å². The molecule has 1 heterocycles. The first-order valence-corrected chi connectivity index (χ1v) is 6.52. The summed E-state index contributed by atoms with van der Waals surface area (Å²) in [6.07, 6.45) is 0.0684. The predicted octanol–water partition coefficient (Wildman–Crippen LogP) is 1.97. The van der Waals surface area contributed by atoms with E-state index < -0.39 is 11.4 Å². The van der Waals surface area contributed by atoms with Crippen LogP contribution in [0.3, 0.4) is 0 Å². The number of amides is 1. The van der Waals surface area contributed by atoms with E-state index in [9.17, 15) is 9.59 Å². The lowest BCUT2D eigenvalue weighted by atomic mass is 9.85. The van der Waals surface area contributed by atoms with Gasteiger partial charge in [-0.2, -0.15) is 0 Å². The Morgan fingerprint density at radius 2 is 2.10 bits per heavy atom. The number of anilines is 2. The molecule has 21 heavy (non-hydrogen) atoms. The van der Waals surface area contributed by atoms with E-state index in [1.54, 1.807) is 32.0 Å². The van der Waals surface area contributed by atoms with Gasteiger partial charge in [0, 0.05) is 12.1 Å². The highest BCUT2D eigenvalue weighted by atomic mass is 16.4. The zero-order valence-corrected chi connectivity index (χ0v) is 11.9. The number of nitrogens with one attached hydrogen (secondary N) is 2. The van der Waals surface area contributed by atoms with Gasteiger partial charge >= 0.3 is 5.97 Å². The third-order valence-electron chi connectivity index (χ3n) is 3.05. The Morgan fingerprint density at radius 3 is 2.76 bits per heavy atom. The summed E-state index contributed by atoms with van der Waals surface area (Å²) in [4.78, 5) is 29.7. The van der Waals surface area contributed by atoms with Gasteiger partial charge < -0.3 is 21.1 Å². The number of aliphatic carboxylic acids is 1. The molecular weight excluding hydrogens is 272 g/mol. The molecule has 0 atom stereocenters. The minimum Gasteiger partial charge on any atom is -0.481 e. The van der Waals surface area contributed by atoms with Crippen LogP contribution < -0.4 is 11.1 Å². The normalized spacial score (nSPS) is 11.5. The highest BCUT2D eigenvalue weighted by Gasteiger charge is 2.25. The smallest absolute Gasteiger partial charge is 0.303 e. The van der Waals surface area contributed by atoms with Crippen LogP contribution in [-0.4, -0.2) is 27.0 Å². The number of carbonyl (C=O) groups excluding carboxylic acids is 1. The van der Waals surface area contributed by atoms with Crippen LogP contribution in [0.15, 0.2) is 18.2 Å². The largest absolute Gasteiger partial charge is 0.481 e. The van der Waals surface area contributed by atoms with Gasteiger partial charge in [0.15, 0.2) is 5.95 Å². The van der Waals surface area contributed by atoms with Gasteiger partial charge in [0.2, 0.25) is 5.91 Å². The minimum absolute atomic E-state index is 0.0590. The SMILES string of the molecule is CC(C)(CC(=O)O)CC(=O)Nc1ccc2nc(N)[nH]c2c1. The summed E-state index contributed by atoms with van der Waals surface area (Å²) in [6.45, 7) is 3.50. The van der Waals surface area contributed by atoms with Crippen LogP contribution in [0.4, 0.5) is 11.6 Å². The third kappa shape index (κ3) is 3.95. The lowest BCUT2D eigenvalue weighted by molar-refractivity contribution is -0.139. The van der Waals surface area contributed by atoms with E-state index in [0.29, 0.717) is 11.6 Å². The fraction of sp³-hybridized carbons (Fsp3) is 0.357. The van der Waals surface area contributed by atoms with Crippen molar-refractivity contribution in [1.82, 2.24) is 9.97 Å². The van der Waals surface area contributed by atoms with Gasteiger partial charge in [0.1, 0.15) is 0 Å². The van der Waals surface area contributed by atoms with Crippen LogP contribution in [0, 0.1) is 5.41 Å². The molecule has 1 aromatic carbocycles. The number of fused-ring (bicyclic) bond motifs is 1. The molecule has 7 nitrogen and oxygen atoms in total. The van der Waals surface area contributed by atoms with Crippen molar-refractivity contribution in [3.63, 3.8) is 0 Å². The molecule has 1 aromatic heterocycles. The second kappa shape index (κ2) is 5.43. The average molecular weight is 290 g/mol. The number of rotatable bonds is 5. The lowest BCUT2D eigenvalue weighted by Gasteiger charge is -2.21. The molecule has 2 aromatic rings. The van der Waals surface area contributed by atoms with Crippen molar-refractivity contribution >= 4 is 34.5 Å². The molecule has 0 aliphatic carbocycles. The number of nitrogens with two attached hydrogens (primary N) is 1. The molecule has 0 saturated heterocycles. The molecule has 7 heteroatoms.